The van der Waals surface area contributed by atoms with Gasteiger partial charge in [0, 0.05) is 14.0 Å². The number of aromatic nitrogens is 1. The number of nitrogens with zero attached hydrogens (tertiary/aromatic N) is 1. The topological polar surface area (TPSA) is 42.0 Å². The lowest BCUT2D eigenvalue weighted by Gasteiger charge is -2.01. The number of carbonyl (C=O) groups is 1. The van der Waals surface area contributed by atoms with Crippen molar-refractivity contribution >= 4 is 5.91 Å². The number of hydrogen-bond acceptors (Lipinski definition) is 2. The number of rotatable bonds is 3. The molecule has 1 aromatic rings. The normalized spacial score (nSPS) is 9.42. The van der Waals surface area contributed by atoms with Crippen LogP contribution in [0.15, 0.2) is 24.4 Å². The molecule has 0 saturated heterocycles. The molecule has 0 fully saturated rings. The van der Waals surface area contributed by atoms with E-state index in [-0.39, 0.29) is 7.33 Å². The fraction of sp³-hybridized carbons (Fsp3) is 0.333. The lowest BCUT2D eigenvalue weighted by molar-refractivity contribution is -0.120. The molecule has 1 aromatic heterocycles. The van der Waals surface area contributed by atoms with Gasteiger partial charge in [0.05, 0.1) is 12.2 Å². The molecule has 0 saturated carbocycles. The van der Waals surface area contributed by atoms with Crippen molar-refractivity contribution in [2.75, 3.05) is 0 Å². The molecule has 12 heavy (non-hydrogen) atoms. The fourth-order valence-corrected chi connectivity index (χ4v) is 0.817. The zero-order chi connectivity index (χ0) is 8.81. The van der Waals surface area contributed by atoms with Crippen LogP contribution in [-0.2, 0) is 11.3 Å². The highest BCUT2D eigenvalue weighted by atomic mass is 16.1. The summed E-state index contributed by atoms with van der Waals surface area (Å²) >= 11 is 0. The molecular formula is C9H14N2O. The van der Waals surface area contributed by atoms with Crippen molar-refractivity contribution in [1.82, 2.24) is 10.3 Å². The summed E-state index contributed by atoms with van der Waals surface area (Å²) in [6.07, 6.45) is 2.24. The van der Waals surface area contributed by atoms with Gasteiger partial charge in [0.2, 0.25) is 5.91 Å². The van der Waals surface area contributed by atoms with E-state index in [4.69, 9.17) is 0 Å². The molecular weight excluding hydrogens is 152 g/mol. The molecule has 1 heterocycles. The molecule has 0 atom stereocenters. The summed E-state index contributed by atoms with van der Waals surface area (Å²) in [5.74, 6) is 0.0562. The highest BCUT2D eigenvalue weighted by Gasteiger charge is 1.96. The zero-order valence-corrected chi connectivity index (χ0v) is 7.08. The number of pyridine rings is 1. The first-order valence-corrected chi connectivity index (χ1v) is 3.99. The summed E-state index contributed by atoms with van der Waals surface area (Å²) in [7, 11) is 0. The first kappa shape index (κ1) is 8.71. The van der Waals surface area contributed by atoms with Gasteiger partial charge in [-0.25, -0.2) is 0 Å². The fourth-order valence-electron chi connectivity index (χ4n) is 0.817. The third-order valence-electron chi connectivity index (χ3n) is 1.51. The van der Waals surface area contributed by atoms with Gasteiger partial charge in [0.25, 0.3) is 0 Å². The molecule has 0 radical (unpaired) electrons. The van der Waals surface area contributed by atoms with Gasteiger partial charge in [-0.05, 0) is 12.1 Å². The molecule has 1 rings (SSSR count). The number of amides is 1. The Morgan fingerprint density at radius 1 is 1.67 bits per heavy atom. The van der Waals surface area contributed by atoms with Crippen LogP contribution in [0.2, 0.25) is 0 Å². The van der Waals surface area contributed by atoms with Crippen LogP contribution in [0.1, 0.15) is 20.5 Å². The Bertz CT molecular complexity index is 251. The van der Waals surface area contributed by atoms with Gasteiger partial charge in [0.1, 0.15) is 0 Å². The maximum atomic E-state index is 10.8. The Kier molecular flexibility index (Phi) is 3.26. The largest absolute Gasteiger partial charge is 0.350 e. The van der Waals surface area contributed by atoms with Gasteiger partial charge >= 0.3 is 0 Å². The van der Waals surface area contributed by atoms with E-state index in [1.165, 1.54) is 0 Å². The first-order chi connectivity index (χ1) is 5.83. The Balaban J connectivity index is 0.00000144. The summed E-state index contributed by atoms with van der Waals surface area (Å²) in [5.41, 5.74) is 0.888. The maximum Gasteiger partial charge on any atom is 0.220 e. The van der Waals surface area contributed by atoms with Gasteiger partial charge in [-0.15, -0.1) is 0 Å². The molecule has 3 heteroatoms. The van der Waals surface area contributed by atoms with Crippen LogP contribution in [0, 0.1) is 0 Å². The van der Waals surface area contributed by atoms with Gasteiger partial charge in [0.15, 0.2) is 0 Å². The van der Waals surface area contributed by atoms with Crippen LogP contribution in [-0.4, -0.2) is 10.9 Å². The van der Waals surface area contributed by atoms with Gasteiger partial charge in [-0.2, -0.15) is 0 Å². The second-order valence-corrected chi connectivity index (χ2v) is 2.45. The summed E-state index contributed by atoms with van der Waals surface area (Å²) in [5, 5.41) is 2.75. The predicted octanol–water partition coefficient (Wildman–Crippen LogP) is 1.35. The van der Waals surface area contributed by atoms with E-state index in [0.29, 0.717) is 13.0 Å². The first-order valence-electron chi connectivity index (χ1n) is 3.99. The minimum atomic E-state index is 0. The Morgan fingerprint density at radius 3 is 3.08 bits per heavy atom. The van der Waals surface area contributed by atoms with Crippen LogP contribution in [0.3, 0.4) is 0 Å². The van der Waals surface area contributed by atoms with E-state index in [9.17, 15) is 4.79 Å². The smallest absolute Gasteiger partial charge is 0.220 e. The minimum absolute atomic E-state index is 0. The van der Waals surface area contributed by atoms with Crippen LogP contribution < -0.4 is 5.32 Å². The van der Waals surface area contributed by atoms with Crippen molar-refractivity contribution in [2.24, 2.45) is 0 Å². The standard InChI is InChI=1S/C9H12N2O.H2/c1-2-9(12)11-7-8-5-3-4-6-10-8;/h3-6H,2,7H2,1H3,(H,11,12);1H. The second kappa shape index (κ2) is 4.49. The van der Waals surface area contributed by atoms with E-state index < -0.39 is 0 Å². The van der Waals surface area contributed by atoms with Crippen molar-refractivity contribution in [2.45, 2.75) is 19.9 Å². The van der Waals surface area contributed by atoms with Crippen molar-refractivity contribution in [3.8, 4) is 0 Å². The number of carbonyl (C=O) groups excluding carboxylic acids is 1. The van der Waals surface area contributed by atoms with E-state index in [1.807, 2.05) is 25.1 Å². The van der Waals surface area contributed by atoms with Crippen LogP contribution in [0.5, 0.6) is 0 Å². The molecule has 1 amide bonds. The van der Waals surface area contributed by atoms with Crippen molar-refractivity contribution in [1.29, 1.82) is 0 Å². The van der Waals surface area contributed by atoms with Gasteiger partial charge in [-0.3, -0.25) is 9.78 Å². The van der Waals surface area contributed by atoms with Crippen molar-refractivity contribution in [3.63, 3.8) is 0 Å². The lowest BCUT2D eigenvalue weighted by Crippen LogP contribution is -2.21. The van der Waals surface area contributed by atoms with Crippen molar-refractivity contribution in [3.05, 3.63) is 30.1 Å². The minimum Gasteiger partial charge on any atom is -0.350 e. The molecule has 0 bridgehead atoms. The molecule has 3 nitrogen and oxygen atoms in total. The average molecular weight is 166 g/mol. The molecule has 0 aliphatic carbocycles. The predicted molar refractivity (Wildman–Crippen MR) is 48.5 cm³/mol. The number of hydrogen-bond donors (Lipinski definition) is 1. The second-order valence-electron chi connectivity index (χ2n) is 2.45. The Hall–Kier alpha value is -1.38. The highest BCUT2D eigenvalue weighted by molar-refractivity contribution is 5.75. The van der Waals surface area contributed by atoms with E-state index >= 15 is 0 Å². The third-order valence-corrected chi connectivity index (χ3v) is 1.51. The zero-order valence-electron chi connectivity index (χ0n) is 7.08. The average Bonchev–Trinajstić information content (AvgIpc) is 2.16. The summed E-state index contributed by atoms with van der Waals surface area (Å²) < 4.78 is 0. The summed E-state index contributed by atoms with van der Waals surface area (Å²) in [6, 6.07) is 5.64. The Morgan fingerprint density at radius 2 is 2.50 bits per heavy atom. The van der Waals surface area contributed by atoms with Gasteiger partial charge in [-0.1, -0.05) is 13.0 Å². The molecule has 66 valence electrons. The molecule has 0 spiro atoms. The molecule has 1 N–H and O–H groups in total. The van der Waals surface area contributed by atoms with E-state index in [2.05, 4.69) is 10.3 Å². The molecule has 0 unspecified atom stereocenters. The van der Waals surface area contributed by atoms with Crippen LogP contribution in [0.25, 0.3) is 0 Å². The monoisotopic (exact) mass is 166 g/mol. The highest BCUT2D eigenvalue weighted by Crippen LogP contribution is 1.91. The summed E-state index contributed by atoms with van der Waals surface area (Å²) in [4.78, 5) is 14.9. The third kappa shape index (κ3) is 2.70. The van der Waals surface area contributed by atoms with E-state index in [1.54, 1.807) is 6.20 Å². The van der Waals surface area contributed by atoms with E-state index in [0.717, 1.165) is 5.69 Å². The quantitative estimate of drug-likeness (QED) is 0.736. The molecule has 0 aromatic carbocycles. The van der Waals surface area contributed by atoms with Crippen LogP contribution >= 0.6 is 0 Å². The lowest BCUT2D eigenvalue weighted by atomic mass is 10.3. The van der Waals surface area contributed by atoms with Crippen LogP contribution in [0.4, 0.5) is 0 Å². The molecule has 0 aliphatic rings. The summed E-state index contributed by atoms with van der Waals surface area (Å²) in [6.45, 7) is 2.35. The Labute approximate surface area is 73.3 Å². The van der Waals surface area contributed by atoms with Crippen molar-refractivity contribution < 1.29 is 6.22 Å². The maximum absolute atomic E-state index is 10.8. The number of nitrogens with one attached hydrogen (secondary N) is 1. The molecule has 0 aliphatic heterocycles. The van der Waals surface area contributed by atoms with Gasteiger partial charge < -0.3 is 5.32 Å². The SMILES string of the molecule is CCC(=O)NCc1ccccn1.[HH].